The van der Waals surface area contributed by atoms with Gasteiger partial charge in [0.05, 0.1) is 0 Å². The molecule has 0 bridgehead atoms. The molecule has 0 heterocycles. The van der Waals surface area contributed by atoms with E-state index in [4.69, 9.17) is 19.6 Å². The number of hydrogen-bond acceptors (Lipinski definition) is 3. The molecule has 0 aliphatic heterocycles. The summed E-state index contributed by atoms with van der Waals surface area (Å²) in [6.07, 6.45) is 0. The Morgan fingerprint density at radius 2 is 1.18 bits per heavy atom. The van der Waals surface area contributed by atoms with Gasteiger partial charge in [-0.1, -0.05) is 0 Å². The van der Waals surface area contributed by atoms with Gasteiger partial charge >= 0.3 is 53.4 Å². The van der Waals surface area contributed by atoms with E-state index in [1.165, 1.54) is 0 Å². The maximum absolute atomic E-state index is 9.63. The van der Waals surface area contributed by atoms with Gasteiger partial charge in [-0.3, -0.25) is 0 Å². The van der Waals surface area contributed by atoms with Crippen molar-refractivity contribution in [1.82, 2.24) is 0 Å². The van der Waals surface area contributed by atoms with Gasteiger partial charge in [-0.25, -0.2) is 9.13 Å². The van der Waals surface area contributed by atoms with E-state index >= 15 is 0 Å². The van der Waals surface area contributed by atoms with Gasteiger partial charge in [0.25, 0.3) is 0 Å². The van der Waals surface area contributed by atoms with Gasteiger partial charge in [0.15, 0.2) is 17.4 Å². The van der Waals surface area contributed by atoms with Crippen LogP contribution in [-0.4, -0.2) is 74.7 Å². The molecular weight excluding hydrogens is 241 g/mol. The second-order valence-electron chi connectivity index (χ2n) is 1.06. The Hall–Kier alpha value is 2.05. The normalized spacial score (nSPS) is 11.3. The van der Waals surface area contributed by atoms with E-state index in [9.17, 15) is 9.13 Å². The minimum Gasteiger partial charge on any atom is -1.00 e. The van der Waals surface area contributed by atoms with Crippen LogP contribution in [-0.2, 0) is 13.4 Å². The van der Waals surface area contributed by atoms with Crippen LogP contribution in [0, 0.1) is 0 Å². The molecule has 11 heavy (non-hydrogen) atoms. The van der Waals surface area contributed by atoms with Crippen LogP contribution in [0.25, 0.3) is 0 Å². The van der Waals surface area contributed by atoms with Crippen molar-refractivity contribution >= 4 is 70.7 Å². The zero-order valence-corrected chi connectivity index (χ0v) is 8.61. The average Bonchev–Trinajstić information content (AvgIpc) is 1.14. The molecule has 0 spiro atoms. The fourth-order valence-corrected chi connectivity index (χ4v) is 1.25. The summed E-state index contributed by atoms with van der Waals surface area (Å²) >= 11 is 0. The van der Waals surface area contributed by atoms with E-state index in [-0.39, 0.29) is 58.0 Å². The summed E-state index contributed by atoms with van der Waals surface area (Å²) in [6.45, 7) is 0. The van der Waals surface area contributed by atoms with E-state index < -0.39 is 15.6 Å². The topological polar surface area (TPSA) is 124 Å². The van der Waals surface area contributed by atoms with Crippen molar-refractivity contribution in [3.05, 3.63) is 0 Å². The van der Waals surface area contributed by atoms with E-state index in [1.54, 1.807) is 0 Å². The molecule has 0 amide bonds. The van der Waals surface area contributed by atoms with Crippen LogP contribution in [0.5, 0.6) is 0 Å². The standard InChI is InChI=1S/Al.Ca.H4O7P2.5H/c;;1-8(2,3)7-9(4,5)6;;;;;/h;;(H2,1,2,3)(H2,4,5,6);;;;;/q;+2;;;;;2*-1. The molecule has 7 nitrogen and oxygen atoms in total. The Morgan fingerprint density at radius 1 is 1.00 bits per heavy atom. The first kappa shape index (κ1) is 18.8. The van der Waals surface area contributed by atoms with E-state index in [2.05, 4.69) is 4.31 Å². The molecule has 0 aromatic carbocycles. The third-order valence-corrected chi connectivity index (χ3v) is 1.91. The predicted octanol–water partition coefficient (Wildman–Crippen LogP) is -2.15. The van der Waals surface area contributed by atoms with Crippen LogP contribution in [0.3, 0.4) is 0 Å². The molecule has 0 aliphatic rings. The van der Waals surface area contributed by atoms with Crippen LogP contribution in [0.4, 0.5) is 0 Å². The molecule has 0 fully saturated rings. The minimum atomic E-state index is -5.05. The molecule has 0 saturated carbocycles. The zero-order valence-electron chi connectivity index (χ0n) is 6.62. The van der Waals surface area contributed by atoms with Crippen molar-refractivity contribution in [3.63, 3.8) is 0 Å². The Morgan fingerprint density at radius 3 is 1.18 bits per heavy atom. The van der Waals surface area contributed by atoms with Crippen LogP contribution >= 0.6 is 15.6 Å². The molecule has 0 aliphatic carbocycles. The molecule has 4 N–H and O–H groups in total. The molecule has 11 heteroatoms. The van der Waals surface area contributed by atoms with Crippen molar-refractivity contribution in [2.75, 3.05) is 0 Å². The second-order valence-corrected chi connectivity index (χ2v) is 3.68. The summed E-state index contributed by atoms with van der Waals surface area (Å²) in [5, 5.41) is 0. The van der Waals surface area contributed by atoms with Crippen molar-refractivity contribution < 1.29 is 35.9 Å². The van der Waals surface area contributed by atoms with Crippen LogP contribution in [0.2, 0.25) is 0 Å². The molecule has 0 saturated heterocycles. The Bertz CT molecular complexity index is 165. The van der Waals surface area contributed by atoms with Gasteiger partial charge in [0.1, 0.15) is 0 Å². The van der Waals surface area contributed by atoms with Crippen LogP contribution < -0.4 is 0 Å². The van der Waals surface area contributed by atoms with Gasteiger partial charge in [0.2, 0.25) is 0 Å². The van der Waals surface area contributed by atoms with Crippen LogP contribution in [0.1, 0.15) is 2.85 Å². The first-order chi connectivity index (χ1) is 3.71. The van der Waals surface area contributed by atoms with Crippen molar-refractivity contribution in [1.29, 1.82) is 0 Å². The Kier molecular flexibility index (Phi) is 11.1. The van der Waals surface area contributed by atoms with Gasteiger partial charge in [-0.05, 0) is 0 Å². The number of rotatable bonds is 2. The maximum Gasteiger partial charge on any atom is 2.00 e. The molecule has 0 unspecified atom stereocenters. The quantitative estimate of drug-likeness (QED) is 0.325. The minimum absolute atomic E-state index is 0. The first-order valence-electron chi connectivity index (χ1n) is 1.53. The van der Waals surface area contributed by atoms with Crippen molar-refractivity contribution in [2.45, 2.75) is 0 Å². The first-order valence-corrected chi connectivity index (χ1v) is 4.59. The Balaban J connectivity index is -0.0000000533. The Labute approximate surface area is 106 Å². The SMILES string of the molecule is O=P(O)(O)OP(=O)(O)O.[AlH3].[Ca+2].[H-].[H-]. The van der Waals surface area contributed by atoms with Crippen molar-refractivity contribution in [2.24, 2.45) is 0 Å². The summed E-state index contributed by atoms with van der Waals surface area (Å²) in [5.74, 6) is 0. The van der Waals surface area contributed by atoms with E-state index in [0.29, 0.717) is 0 Å². The maximum atomic E-state index is 9.63. The van der Waals surface area contributed by atoms with E-state index in [0.717, 1.165) is 0 Å². The van der Waals surface area contributed by atoms with E-state index in [1.807, 2.05) is 0 Å². The van der Waals surface area contributed by atoms with Gasteiger partial charge in [-0.2, -0.15) is 4.31 Å². The smallest absolute Gasteiger partial charge is 1.00 e. The molecule has 0 aromatic heterocycles. The third-order valence-electron chi connectivity index (χ3n) is 0.213. The monoisotopic (exact) mass is 250 g/mol. The summed E-state index contributed by atoms with van der Waals surface area (Å²) < 4.78 is 22.2. The fourth-order valence-electron chi connectivity index (χ4n) is 0.139. The van der Waals surface area contributed by atoms with Gasteiger partial charge < -0.3 is 22.4 Å². The summed E-state index contributed by atoms with van der Waals surface area (Å²) in [5.41, 5.74) is 0. The summed E-state index contributed by atoms with van der Waals surface area (Å²) in [6, 6.07) is 0. The average molecular weight is 250 g/mol. The summed E-state index contributed by atoms with van der Waals surface area (Å²) in [7, 11) is -10.1. The largest absolute Gasteiger partial charge is 2.00 e. The van der Waals surface area contributed by atoms with Crippen LogP contribution in [0.15, 0.2) is 0 Å². The third kappa shape index (κ3) is 18.8. The molecule has 0 aromatic rings. The predicted molar refractivity (Wildman–Crippen MR) is 43.1 cm³/mol. The molecule has 0 rings (SSSR count). The fraction of sp³-hybridized carbons (Fsp3) is 0. The number of phosphoric acid groups is 2. The second kappa shape index (κ2) is 6.50. The molecule has 66 valence electrons. The molecule has 0 atom stereocenters. The molecular formula is H9AlCaO7P2. The van der Waals surface area contributed by atoms with Gasteiger partial charge in [0, 0.05) is 0 Å². The molecule has 0 radical (unpaired) electrons. The number of hydrogen-bond donors (Lipinski definition) is 4. The zero-order chi connectivity index (χ0) is 7.71. The van der Waals surface area contributed by atoms with Gasteiger partial charge in [-0.15, -0.1) is 0 Å². The van der Waals surface area contributed by atoms with Crippen molar-refractivity contribution in [3.8, 4) is 0 Å². The summed E-state index contributed by atoms with van der Waals surface area (Å²) in [4.78, 5) is 31.0.